The van der Waals surface area contributed by atoms with Gasteiger partial charge >= 0.3 is 6.18 Å². The number of nitro groups is 1. The van der Waals surface area contributed by atoms with Gasteiger partial charge in [-0.25, -0.2) is 0 Å². The third-order valence-corrected chi connectivity index (χ3v) is 7.71. The zero-order valence-electron chi connectivity index (χ0n) is 23.8. The van der Waals surface area contributed by atoms with Crippen LogP contribution in [0.25, 0.3) is 6.08 Å². The van der Waals surface area contributed by atoms with Gasteiger partial charge in [0.2, 0.25) is 5.91 Å². The van der Waals surface area contributed by atoms with E-state index < -0.39 is 39.6 Å². The molecule has 0 radical (unpaired) electrons. The van der Waals surface area contributed by atoms with Gasteiger partial charge in [0.25, 0.3) is 17.5 Å². The predicted octanol–water partition coefficient (Wildman–Crippen LogP) is 7.80. The topological polar surface area (TPSA) is 130 Å². The zero-order chi connectivity index (χ0) is 33.4. The number of nitro benzene ring substituents is 1. The standard InChI is InChI=1S/C32H24ClF3N4O5S/c1-19(29(41)38-26-17-22(32(34,35)36)14-15-25(26)33)46-24-12-7-11-23(18-24)37-31(43)27(39-30(42)20-8-3-2-4-9-20)16-21-10-5-6-13-28(21)40(44)45/h2-19H,1H3,(H,37,43)(H,38,41)(H,39,42)/b27-16+. The summed E-state index contributed by atoms with van der Waals surface area (Å²) in [6.07, 6.45) is -3.43. The van der Waals surface area contributed by atoms with E-state index in [1.54, 1.807) is 55.5 Å². The van der Waals surface area contributed by atoms with E-state index in [2.05, 4.69) is 16.0 Å². The van der Waals surface area contributed by atoms with Crippen molar-refractivity contribution in [3.8, 4) is 0 Å². The van der Waals surface area contributed by atoms with E-state index in [0.29, 0.717) is 4.90 Å². The largest absolute Gasteiger partial charge is 0.416 e. The molecule has 46 heavy (non-hydrogen) atoms. The monoisotopic (exact) mass is 668 g/mol. The van der Waals surface area contributed by atoms with Crippen molar-refractivity contribution in [3.05, 3.63) is 135 Å². The number of para-hydroxylation sites is 1. The van der Waals surface area contributed by atoms with Crippen molar-refractivity contribution in [2.75, 3.05) is 10.6 Å². The van der Waals surface area contributed by atoms with Crippen molar-refractivity contribution in [2.45, 2.75) is 23.2 Å². The molecule has 1 unspecified atom stereocenters. The molecule has 0 heterocycles. The number of hydrogen-bond donors (Lipinski definition) is 3. The fourth-order valence-corrected chi connectivity index (χ4v) is 5.10. The average molecular weight is 669 g/mol. The molecule has 0 aliphatic heterocycles. The number of carbonyl (C=O) groups excluding carboxylic acids is 3. The Morgan fingerprint density at radius 2 is 1.61 bits per heavy atom. The van der Waals surface area contributed by atoms with Crippen LogP contribution in [0.3, 0.4) is 0 Å². The van der Waals surface area contributed by atoms with Gasteiger partial charge in [-0.15, -0.1) is 11.8 Å². The second-order valence-electron chi connectivity index (χ2n) is 9.62. The highest BCUT2D eigenvalue weighted by atomic mass is 35.5. The van der Waals surface area contributed by atoms with E-state index in [9.17, 15) is 37.7 Å². The number of carbonyl (C=O) groups is 3. The molecule has 236 valence electrons. The van der Waals surface area contributed by atoms with Crippen LogP contribution in [0.1, 0.15) is 28.4 Å². The summed E-state index contributed by atoms with van der Waals surface area (Å²) < 4.78 is 39.4. The molecule has 9 nitrogen and oxygen atoms in total. The fourth-order valence-electron chi connectivity index (χ4n) is 4.01. The Kier molecular flexibility index (Phi) is 10.8. The van der Waals surface area contributed by atoms with E-state index in [1.165, 1.54) is 36.4 Å². The fraction of sp³-hybridized carbons (Fsp3) is 0.0938. The van der Waals surface area contributed by atoms with Gasteiger partial charge in [0.15, 0.2) is 0 Å². The minimum absolute atomic E-state index is 0.0627. The number of thioether (sulfide) groups is 1. The Hall–Kier alpha value is -5.14. The van der Waals surface area contributed by atoms with Crippen molar-refractivity contribution >= 4 is 64.2 Å². The first kappa shape index (κ1) is 33.7. The molecule has 14 heteroatoms. The Balaban J connectivity index is 1.52. The van der Waals surface area contributed by atoms with Crippen molar-refractivity contribution < 1.29 is 32.5 Å². The van der Waals surface area contributed by atoms with Crippen molar-refractivity contribution in [1.82, 2.24) is 5.32 Å². The summed E-state index contributed by atoms with van der Waals surface area (Å²) in [5.41, 5.74) is -1.11. The summed E-state index contributed by atoms with van der Waals surface area (Å²) in [6, 6.07) is 22.7. The third-order valence-electron chi connectivity index (χ3n) is 6.29. The van der Waals surface area contributed by atoms with Crippen LogP contribution in [-0.4, -0.2) is 27.9 Å². The molecule has 0 aliphatic carbocycles. The summed E-state index contributed by atoms with van der Waals surface area (Å²) in [4.78, 5) is 50.6. The Bertz CT molecular complexity index is 1820. The first-order valence-corrected chi connectivity index (χ1v) is 14.6. The highest BCUT2D eigenvalue weighted by Crippen LogP contribution is 2.34. The van der Waals surface area contributed by atoms with Crippen LogP contribution in [-0.2, 0) is 15.8 Å². The summed E-state index contributed by atoms with van der Waals surface area (Å²) >= 11 is 7.06. The van der Waals surface area contributed by atoms with Crippen LogP contribution in [0.2, 0.25) is 5.02 Å². The number of rotatable bonds is 10. The number of halogens is 4. The molecular formula is C32H24ClF3N4O5S. The van der Waals surface area contributed by atoms with Gasteiger partial charge < -0.3 is 16.0 Å². The van der Waals surface area contributed by atoms with E-state index in [-0.39, 0.29) is 38.9 Å². The van der Waals surface area contributed by atoms with Gasteiger partial charge in [-0.1, -0.05) is 48.0 Å². The van der Waals surface area contributed by atoms with Gasteiger partial charge in [-0.3, -0.25) is 24.5 Å². The summed E-state index contributed by atoms with van der Waals surface area (Å²) in [5.74, 6) is -2.01. The average Bonchev–Trinajstić information content (AvgIpc) is 3.01. The van der Waals surface area contributed by atoms with E-state index >= 15 is 0 Å². The minimum Gasteiger partial charge on any atom is -0.324 e. The predicted molar refractivity (Wildman–Crippen MR) is 170 cm³/mol. The minimum atomic E-state index is -4.62. The van der Waals surface area contributed by atoms with Crippen molar-refractivity contribution in [3.63, 3.8) is 0 Å². The lowest BCUT2D eigenvalue weighted by Gasteiger charge is -2.15. The van der Waals surface area contributed by atoms with Gasteiger partial charge in [0, 0.05) is 22.2 Å². The Labute approximate surface area is 270 Å². The molecule has 3 amide bonds. The summed E-state index contributed by atoms with van der Waals surface area (Å²) in [6.45, 7) is 1.54. The van der Waals surface area contributed by atoms with E-state index in [0.717, 1.165) is 30.0 Å². The third kappa shape index (κ3) is 8.96. The van der Waals surface area contributed by atoms with Crippen LogP contribution >= 0.6 is 23.4 Å². The smallest absolute Gasteiger partial charge is 0.324 e. The maximum atomic E-state index is 13.4. The number of benzene rings is 4. The quantitative estimate of drug-likeness (QED) is 0.0684. The number of nitrogens with zero attached hydrogens (tertiary/aromatic N) is 1. The molecule has 4 aromatic carbocycles. The van der Waals surface area contributed by atoms with Crippen LogP contribution in [0.15, 0.2) is 108 Å². The van der Waals surface area contributed by atoms with Gasteiger partial charge in [0.05, 0.1) is 32.0 Å². The van der Waals surface area contributed by atoms with Gasteiger partial charge in [-0.2, -0.15) is 13.2 Å². The molecule has 0 aliphatic rings. The van der Waals surface area contributed by atoms with E-state index in [1.807, 2.05) is 0 Å². The molecule has 1 atom stereocenters. The lowest BCUT2D eigenvalue weighted by Crippen LogP contribution is -2.30. The number of nitrogens with one attached hydrogen (secondary N) is 3. The van der Waals surface area contributed by atoms with Gasteiger partial charge in [-0.05, 0) is 67.6 Å². The molecule has 0 aromatic heterocycles. The van der Waals surface area contributed by atoms with Crippen LogP contribution in [0.5, 0.6) is 0 Å². The van der Waals surface area contributed by atoms with Crippen LogP contribution in [0, 0.1) is 10.1 Å². The normalized spacial score (nSPS) is 12.2. The van der Waals surface area contributed by atoms with E-state index in [4.69, 9.17) is 11.6 Å². The Morgan fingerprint density at radius 3 is 2.30 bits per heavy atom. The highest BCUT2D eigenvalue weighted by Gasteiger charge is 2.31. The molecular weight excluding hydrogens is 645 g/mol. The van der Waals surface area contributed by atoms with Crippen molar-refractivity contribution in [2.24, 2.45) is 0 Å². The highest BCUT2D eigenvalue weighted by molar-refractivity contribution is 8.00. The molecule has 0 spiro atoms. The summed E-state index contributed by atoms with van der Waals surface area (Å²) in [5, 5.41) is 18.3. The van der Waals surface area contributed by atoms with Crippen LogP contribution < -0.4 is 16.0 Å². The Morgan fingerprint density at radius 1 is 0.913 bits per heavy atom. The molecule has 0 saturated carbocycles. The molecule has 0 bridgehead atoms. The molecule has 0 saturated heterocycles. The maximum absolute atomic E-state index is 13.4. The lowest BCUT2D eigenvalue weighted by molar-refractivity contribution is -0.385. The van der Waals surface area contributed by atoms with Crippen LogP contribution in [0.4, 0.5) is 30.2 Å². The molecule has 4 aromatic rings. The maximum Gasteiger partial charge on any atom is 0.416 e. The molecule has 3 N–H and O–H groups in total. The number of amides is 3. The number of hydrogen-bond acceptors (Lipinski definition) is 6. The first-order valence-electron chi connectivity index (χ1n) is 13.4. The second kappa shape index (κ2) is 14.8. The van der Waals surface area contributed by atoms with Crippen molar-refractivity contribution in [1.29, 1.82) is 0 Å². The molecule has 4 rings (SSSR count). The first-order chi connectivity index (χ1) is 21.8. The van der Waals surface area contributed by atoms with Gasteiger partial charge in [0.1, 0.15) is 5.70 Å². The number of alkyl halides is 3. The SMILES string of the molecule is CC(Sc1cccc(NC(=O)/C(=C\c2ccccc2[N+](=O)[O-])NC(=O)c2ccccc2)c1)C(=O)Nc1cc(C(F)(F)F)ccc1Cl. The lowest BCUT2D eigenvalue weighted by atomic mass is 10.1. The summed E-state index contributed by atoms with van der Waals surface area (Å²) in [7, 11) is 0. The zero-order valence-corrected chi connectivity index (χ0v) is 25.4. The molecule has 0 fully saturated rings. The second-order valence-corrected chi connectivity index (χ2v) is 11.4. The number of anilines is 2.